The number of allylic oxidation sites excluding steroid dienone is 1. The maximum Gasteiger partial charge on any atom is 0.182 e. The number of hydrogen-bond donors (Lipinski definition) is 1. The van der Waals surface area contributed by atoms with E-state index in [9.17, 15) is 0 Å². The van der Waals surface area contributed by atoms with Crippen molar-refractivity contribution >= 4 is 12.3 Å². The molecule has 1 aromatic heterocycles. The molecule has 1 rings (SSSR count). The van der Waals surface area contributed by atoms with Crippen LogP contribution in [-0.2, 0) is 0 Å². The zero-order valence-electron chi connectivity index (χ0n) is 7.66. The van der Waals surface area contributed by atoms with Crippen LogP contribution in [0.5, 0.6) is 0 Å². The fourth-order valence-corrected chi connectivity index (χ4v) is 0.655. The third-order valence-electron chi connectivity index (χ3n) is 1.08. The molecule has 12 heavy (non-hydrogen) atoms. The minimum Gasteiger partial charge on any atom is -0.442 e. The molecule has 1 heterocycles. The normalized spacial score (nSPS) is 9.25. The largest absolute Gasteiger partial charge is 0.442 e. The maximum absolute atomic E-state index is 6.89. The van der Waals surface area contributed by atoms with E-state index < -0.39 is 0 Å². The molecule has 0 saturated heterocycles. The van der Waals surface area contributed by atoms with Crippen LogP contribution in [-0.4, -0.2) is 11.2 Å². The van der Waals surface area contributed by atoms with Gasteiger partial charge in [-0.05, 0) is 13.0 Å². The first-order valence-electron chi connectivity index (χ1n) is 3.95. The Morgan fingerprint density at radius 1 is 1.50 bits per heavy atom. The Morgan fingerprint density at radius 2 is 2.17 bits per heavy atom. The van der Waals surface area contributed by atoms with Crippen LogP contribution in [0.15, 0.2) is 16.9 Å². The number of nitrogens with zero attached hydrogens (tertiary/aromatic N) is 1. The first kappa shape index (κ1) is 10.6. The van der Waals surface area contributed by atoms with E-state index in [-0.39, 0.29) is 0 Å². The summed E-state index contributed by atoms with van der Waals surface area (Å²) < 4.78 is 4.86. The summed E-state index contributed by atoms with van der Waals surface area (Å²) >= 11 is 0. The summed E-state index contributed by atoms with van der Waals surface area (Å²) in [6.07, 6.45) is 6.12. The van der Waals surface area contributed by atoms with Crippen LogP contribution < -0.4 is 0 Å². The minimum absolute atomic E-state index is 0.498. The predicted octanol–water partition coefficient (Wildman–Crippen LogP) is 2.73. The van der Waals surface area contributed by atoms with Crippen LogP contribution >= 0.6 is 0 Å². The lowest BCUT2D eigenvalue weighted by Gasteiger charge is -1.82. The summed E-state index contributed by atoms with van der Waals surface area (Å²) in [4.78, 5) is 3.87. The lowest BCUT2D eigenvalue weighted by molar-refractivity contribution is 0.550. The van der Waals surface area contributed by atoms with Crippen molar-refractivity contribution in [3.8, 4) is 0 Å². The Hall–Kier alpha value is -1.38. The van der Waals surface area contributed by atoms with Gasteiger partial charge >= 0.3 is 0 Å². The van der Waals surface area contributed by atoms with Crippen molar-refractivity contribution in [2.24, 2.45) is 0 Å². The number of oxazole rings is 1. The fraction of sp³-hybridized carbons (Fsp3) is 0.333. The number of nitrogens with one attached hydrogen (secondary N) is 1. The highest BCUT2D eigenvalue weighted by Crippen LogP contribution is 2.04. The monoisotopic (exact) mass is 166 g/mol. The Balaban J connectivity index is 0.000000561. The fourth-order valence-electron chi connectivity index (χ4n) is 0.655. The highest BCUT2D eigenvalue weighted by atomic mass is 16.3. The van der Waals surface area contributed by atoms with Gasteiger partial charge in [-0.25, -0.2) is 4.98 Å². The molecule has 0 fully saturated rings. The van der Waals surface area contributed by atoms with Gasteiger partial charge in [0.25, 0.3) is 0 Å². The first-order valence-corrected chi connectivity index (χ1v) is 3.95. The van der Waals surface area contributed by atoms with E-state index >= 15 is 0 Å². The van der Waals surface area contributed by atoms with E-state index in [1.807, 2.05) is 26.8 Å². The average Bonchev–Trinajstić information content (AvgIpc) is 2.56. The molecule has 0 spiro atoms. The van der Waals surface area contributed by atoms with Gasteiger partial charge in [-0.1, -0.05) is 19.9 Å². The quantitative estimate of drug-likeness (QED) is 0.687. The van der Waals surface area contributed by atoms with Gasteiger partial charge in [-0.15, -0.1) is 0 Å². The van der Waals surface area contributed by atoms with Crippen LogP contribution in [0.25, 0.3) is 6.08 Å². The molecule has 0 aliphatic rings. The van der Waals surface area contributed by atoms with E-state index in [0.717, 1.165) is 6.21 Å². The molecular formula is C9H14N2O. The van der Waals surface area contributed by atoms with E-state index in [0.29, 0.717) is 11.5 Å². The van der Waals surface area contributed by atoms with Gasteiger partial charge in [0.1, 0.15) is 5.69 Å². The SMILES string of the molecule is C/C=C\c1ncoc1C=N.CC. The van der Waals surface area contributed by atoms with Crippen molar-refractivity contribution < 1.29 is 4.42 Å². The number of hydrogen-bond acceptors (Lipinski definition) is 3. The van der Waals surface area contributed by atoms with Gasteiger partial charge < -0.3 is 9.83 Å². The predicted molar refractivity (Wildman–Crippen MR) is 50.4 cm³/mol. The summed E-state index contributed by atoms with van der Waals surface area (Å²) in [5.74, 6) is 0.498. The standard InChI is InChI=1S/C7H8N2O.C2H6/c1-2-3-6-7(4-8)10-5-9-6;1-2/h2-5,8H,1H3;1-2H3/b3-2-,8-4?;. The van der Waals surface area contributed by atoms with Crippen LogP contribution in [0.3, 0.4) is 0 Å². The molecule has 0 aliphatic carbocycles. The smallest absolute Gasteiger partial charge is 0.182 e. The second-order valence-electron chi connectivity index (χ2n) is 1.75. The second-order valence-corrected chi connectivity index (χ2v) is 1.75. The molecule has 0 saturated carbocycles. The molecule has 1 N–H and O–H groups in total. The second kappa shape index (κ2) is 6.34. The van der Waals surface area contributed by atoms with Crippen LogP contribution in [0.1, 0.15) is 32.2 Å². The first-order chi connectivity index (χ1) is 5.88. The molecule has 3 heteroatoms. The molecule has 0 aliphatic heterocycles. The van der Waals surface area contributed by atoms with Gasteiger partial charge in [-0.3, -0.25) is 0 Å². The van der Waals surface area contributed by atoms with Crippen LogP contribution in [0.2, 0.25) is 0 Å². The molecule has 1 aromatic rings. The van der Waals surface area contributed by atoms with Crippen LogP contribution in [0.4, 0.5) is 0 Å². The summed E-state index contributed by atoms with van der Waals surface area (Å²) in [6, 6.07) is 0. The molecule has 0 radical (unpaired) electrons. The molecule has 0 atom stereocenters. The van der Waals surface area contributed by atoms with E-state index in [1.54, 1.807) is 6.08 Å². The summed E-state index contributed by atoms with van der Waals surface area (Å²) in [7, 11) is 0. The molecular weight excluding hydrogens is 152 g/mol. The van der Waals surface area contributed by atoms with Crippen molar-refractivity contribution in [1.29, 1.82) is 5.41 Å². The van der Waals surface area contributed by atoms with E-state index in [4.69, 9.17) is 9.83 Å². The van der Waals surface area contributed by atoms with Gasteiger partial charge in [0.2, 0.25) is 0 Å². The van der Waals surface area contributed by atoms with Crippen molar-refractivity contribution in [3.63, 3.8) is 0 Å². The Kier molecular flexibility index (Phi) is 5.61. The van der Waals surface area contributed by atoms with Crippen molar-refractivity contribution in [2.45, 2.75) is 20.8 Å². The third-order valence-corrected chi connectivity index (χ3v) is 1.08. The molecule has 66 valence electrons. The van der Waals surface area contributed by atoms with Gasteiger partial charge in [0, 0.05) is 0 Å². The van der Waals surface area contributed by atoms with Crippen LogP contribution in [0, 0.1) is 5.41 Å². The minimum atomic E-state index is 0.498. The molecule has 0 unspecified atom stereocenters. The Labute approximate surface area is 72.6 Å². The lowest BCUT2D eigenvalue weighted by Crippen LogP contribution is -1.78. The summed E-state index contributed by atoms with van der Waals surface area (Å²) in [6.45, 7) is 5.89. The topological polar surface area (TPSA) is 49.9 Å². The zero-order valence-corrected chi connectivity index (χ0v) is 7.66. The van der Waals surface area contributed by atoms with Gasteiger partial charge in [0.15, 0.2) is 12.2 Å². The van der Waals surface area contributed by atoms with Gasteiger partial charge in [-0.2, -0.15) is 0 Å². The summed E-state index contributed by atoms with van der Waals surface area (Å²) in [5.41, 5.74) is 0.706. The van der Waals surface area contributed by atoms with Crippen molar-refractivity contribution in [3.05, 3.63) is 23.9 Å². The van der Waals surface area contributed by atoms with E-state index in [1.165, 1.54) is 6.39 Å². The molecule has 0 aromatic carbocycles. The molecule has 0 amide bonds. The third kappa shape index (κ3) is 2.70. The highest BCUT2D eigenvalue weighted by molar-refractivity contribution is 5.78. The van der Waals surface area contributed by atoms with Crippen molar-refractivity contribution in [2.75, 3.05) is 0 Å². The zero-order chi connectivity index (χ0) is 9.40. The Bertz CT molecular complexity index is 251. The van der Waals surface area contributed by atoms with E-state index in [2.05, 4.69) is 4.98 Å². The highest BCUT2D eigenvalue weighted by Gasteiger charge is 1.98. The summed E-state index contributed by atoms with van der Waals surface area (Å²) in [5, 5.41) is 6.89. The lowest BCUT2D eigenvalue weighted by atomic mass is 10.3. The average molecular weight is 166 g/mol. The van der Waals surface area contributed by atoms with Crippen molar-refractivity contribution in [1.82, 2.24) is 4.98 Å². The molecule has 0 bridgehead atoms. The molecule has 3 nitrogen and oxygen atoms in total. The Morgan fingerprint density at radius 3 is 2.67 bits per heavy atom. The van der Waals surface area contributed by atoms with Gasteiger partial charge in [0.05, 0.1) is 6.21 Å². The number of aromatic nitrogens is 1. The number of rotatable bonds is 2. The maximum atomic E-state index is 6.89.